The number of cyclic esters (lactones) is 4. The zero-order chi connectivity index (χ0) is 14.8. The molecule has 2 saturated heterocycles. The summed E-state index contributed by atoms with van der Waals surface area (Å²) in [6.07, 6.45) is 1.88. The van der Waals surface area contributed by atoms with Crippen molar-refractivity contribution >= 4 is 12.3 Å². The molecule has 20 heavy (non-hydrogen) atoms. The molecule has 2 rings (SSSR count). The average molecular weight is 290 g/mol. The quantitative estimate of drug-likeness (QED) is 0.694. The molecule has 0 bridgehead atoms. The summed E-state index contributed by atoms with van der Waals surface area (Å²) in [5.41, 5.74) is 0. The van der Waals surface area contributed by atoms with Gasteiger partial charge in [0.1, 0.15) is 19.3 Å². The molecule has 0 aromatic rings. The Morgan fingerprint density at radius 2 is 1.65 bits per heavy atom. The van der Waals surface area contributed by atoms with Gasteiger partial charge in [-0.25, -0.2) is 9.59 Å². The molecule has 7 heteroatoms. The van der Waals surface area contributed by atoms with Crippen molar-refractivity contribution in [2.45, 2.75) is 45.3 Å². The van der Waals surface area contributed by atoms with Crippen LogP contribution in [-0.4, -0.2) is 50.9 Å². The van der Waals surface area contributed by atoms with Crippen molar-refractivity contribution in [2.75, 3.05) is 26.4 Å². The summed E-state index contributed by atoms with van der Waals surface area (Å²) in [5, 5.41) is 0. The van der Waals surface area contributed by atoms with Gasteiger partial charge in [0.05, 0.1) is 6.61 Å². The van der Waals surface area contributed by atoms with E-state index in [-0.39, 0.29) is 12.2 Å². The number of carbonyl (C=O) groups is 2. The molecule has 2 atom stereocenters. The van der Waals surface area contributed by atoms with E-state index in [1.54, 1.807) is 0 Å². The molecule has 2 unspecified atom stereocenters. The van der Waals surface area contributed by atoms with Gasteiger partial charge in [0.25, 0.3) is 0 Å². The van der Waals surface area contributed by atoms with Gasteiger partial charge in [0, 0.05) is 6.61 Å². The predicted molar refractivity (Wildman–Crippen MR) is 68.5 cm³/mol. The summed E-state index contributed by atoms with van der Waals surface area (Å²) < 4.78 is 23.6. The largest absolute Gasteiger partial charge is 0.508 e. The maximum Gasteiger partial charge on any atom is 0.508 e. The van der Waals surface area contributed by atoms with Crippen LogP contribution in [0.1, 0.15) is 33.1 Å². The van der Waals surface area contributed by atoms with E-state index in [2.05, 4.69) is 21.1 Å². The molecule has 0 aromatic carbocycles. The Kier molecular flexibility index (Phi) is 7.79. The molecular weight excluding hydrogens is 268 g/mol. The summed E-state index contributed by atoms with van der Waals surface area (Å²) in [6, 6.07) is 0. The van der Waals surface area contributed by atoms with Crippen LogP contribution in [0, 0.1) is 0 Å². The van der Waals surface area contributed by atoms with Crippen LogP contribution in [0.2, 0.25) is 0 Å². The minimum Gasteiger partial charge on any atom is -0.430 e. The smallest absolute Gasteiger partial charge is 0.430 e. The van der Waals surface area contributed by atoms with E-state index in [4.69, 9.17) is 9.47 Å². The fourth-order valence-corrected chi connectivity index (χ4v) is 1.64. The molecule has 0 spiro atoms. The highest BCUT2D eigenvalue weighted by molar-refractivity contribution is 5.62. The highest BCUT2D eigenvalue weighted by Crippen LogP contribution is 2.12. The number of hydrogen-bond acceptors (Lipinski definition) is 7. The number of hydrogen-bond donors (Lipinski definition) is 0. The first-order valence-corrected chi connectivity index (χ1v) is 6.90. The van der Waals surface area contributed by atoms with E-state index in [0.717, 1.165) is 19.3 Å². The minimum absolute atomic E-state index is 0.0208. The van der Waals surface area contributed by atoms with Crippen molar-refractivity contribution in [3.8, 4) is 0 Å². The predicted octanol–water partition coefficient (Wildman–Crippen LogP) is 2.27. The Hall–Kier alpha value is -1.50. The van der Waals surface area contributed by atoms with Gasteiger partial charge in [-0.1, -0.05) is 13.3 Å². The normalized spacial score (nSPS) is 24.1. The van der Waals surface area contributed by atoms with Crippen molar-refractivity contribution in [2.24, 2.45) is 0 Å². The molecule has 2 heterocycles. The lowest BCUT2D eigenvalue weighted by atomic mass is 10.2. The van der Waals surface area contributed by atoms with Gasteiger partial charge >= 0.3 is 12.3 Å². The van der Waals surface area contributed by atoms with Gasteiger partial charge < -0.3 is 23.7 Å². The number of ether oxygens (including phenoxy) is 5. The van der Waals surface area contributed by atoms with Gasteiger partial charge in [0.2, 0.25) is 0 Å². The Labute approximate surface area is 118 Å². The zero-order valence-electron chi connectivity index (χ0n) is 12.0. The zero-order valence-corrected chi connectivity index (χ0v) is 12.0. The number of carbonyl (C=O) groups excluding carboxylic acids is 2. The maximum atomic E-state index is 10.4. The highest BCUT2D eigenvalue weighted by Gasteiger charge is 2.24. The lowest BCUT2D eigenvalue weighted by molar-refractivity contribution is 0.0515. The first-order chi connectivity index (χ1) is 9.65. The van der Waals surface area contributed by atoms with Crippen molar-refractivity contribution in [1.82, 2.24) is 0 Å². The summed E-state index contributed by atoms with van der Waals surface area (Å²) in [6.45, 7) is 5.82. The van der Waals surface area contributed by atoms with Crippen LogP contribution in [0.15, 0.2) is 0 Å². The highest BCUT2D eigenvalue weighted by atomic mass is 16.8. The molecule has 2 aliphatic heterocycles. The van der Waals surface area contributed by atoms with Gasteiger partial charge in [-0.3, -0.25) is 0 Å². The van der Waals surface area contributed by atoms with Crippen LogP contribution < -0.4 is 0 Å². The van der Waals surface area contributed by atoms with Crippen LogP contribution in [-0.2, 0) is 23.7 Å². The van der Waals surface area contributed by atoms with Crippen LogP contribution >= 0.6 is 0 Å². The van der Waals surface area contributed by atoms with Crippen molar-refractivity contribution in [3.05, 3.63) is 0 Å². The molecule has 116 valence electrons. The number of rotatable bonds is 6. The molecule has 0 aliphatic carbocycles. The van der Waals surface area contributed by atoms with Crippen LogP contribution in [0.3, 0.4) is 0 Å². The van der Waals surface area contributed by atoms with Gasteiger partial charge in [-0.2, -0.15) is 0 Å². The Morgan fingerprint density at radius 1 is 1.05 bits per heavy atom. The summed E-state index contributed by atoms with van der Waals surface area (Å²) in [7, 11) is 0. The third-order valence-corrected chi connectivity index (χ3v) is 2.69. The molecule has 0 aromatic heterocycles. The number of unbranched alkanes of at least 4 members (excludes halogenated alkanes) is 1. The van der Waals surface area contributed by atoms with E-state index >= 15 is 0 Å². The van der Waals surface area contributed by atoms with E-state index in [9.17, 15) is 9.59 Å². The first kappa shape index (κ1) is 16.6. The fraction of sp³-hybridized carbons (Fsp3) is 0.846. The third kappa shape index (κ3) is 6.60. The maximum absolute atomic E-state index is 10.4. The molecule has 0 N–H and O–H groups in total. The van der Waals surface area contributed by atoms with Crippen molar-refractivity contribution in [1.29, 1.82) is 0 Å². The van der Waals surface area contributed by atoms with Gasteiger partial charge in [-0.05, 0) is 19.8 Å². The summed E-state index contributed by atoms with van der Waals surface area (Å²) in [4.78, 5) is 20.7. The SMILES string of the molecule is CCCCC1COC(=O)O1.CCOCC1COC(=O)O1. The second kappa shape index (κ2) is 9.41. The van der Waals surface area contributed by atoms with E-state index in [1.165, 1.54) is 0 Å². The Bertz CT molecular complexity index is 275. The van der Waals surface area contributed by atoms with Crippen molar-refractivity contribution in [3.63, 3.8) is 0 Å². The van der Waals surface area contributed by atoms with E-state index in [1.807, 2.05) is 6.92 Å². The van der Waals surface area contributed by atoms with Crippen LogP contribution in [0.5, 0.6) is 0 Å². The summed E-state index contributed by atoms with van der Waals surface area (Å²) >= 11 is 0. The Morgan fingerprint density at radius 3 is 2.10 bits per heavy atom. The standard InChI is InChI=1S/C7H12O3.C6H10O4/c1-2-3-4-6-5-9-7(8)10-6;1-2-8-3-5-4-9-6(7)10-5/h6H,2-5H2,1H3;5H,2-4H2,1H3. The van der Waals surface area contributed by atoms with Crippen LogP contribution in [0.4, 0.5) is 9.59 Å². The average Bonchev–Trinajstić information content (AvgIpc) is 3.03. The van der Waals surface area contributed by atoms with Crippen LogP contribution in [0.25, 0.3) is 0 Å². The minimum atomic E-state index is -0.593. The van der Waals surface area contributed by atoms with Crippen molar-refractivity contribution < 1.29 is 33.3 Å². The fourth-order valence-electron chi connectivity index (χ4n) is 1.64. The van der Waals surface area contributed by atoms with E-state index in [0.29, 0.717) is 26.4 Å². The first-order valence-electron chi connectivity index (χ1n) is 6.90. The molecule has 2 aliphatic rings. The second-order valence-electron chi connectivity index (χ2n) is 4.40. The lowest BCUT2D eigenvalue weighted by Crippen LogP contribution is -2.17. The molecule has 0 radical (unpaired) electrons. The monoisotopic (exact) mass is 290 g/mol. The lowest BCUT2D eigenvalue weighted by Gasteiger charge is -2.04. The Balaban J connectivity index is 0.000000200. The van der Waals surface area contributed by atoms with Gasteiger partial charge in [-0.15, -0.1) is 0 Å². The molecule has 0 saturated carbocycles. The topological polar surface area (TPSA) is 80.3 Å². The molecule has 0 amide bonds. The second-order valence-corrected chi connectivity index (χ2v) is 4.40. The van der Waals surface area contributed by atoms with E-state index < -0.39 is 12.3 Å². The summed E-state index contributed by atoms with van der Waals surface area (Å²) in [5.74, 6) is 0. The third-order valence-electron chi connectivity index (χ3n) is 2.69. The molecular formula is C13H22O7. The molecule has 7 nitrogen and oxygen atoms in total. The van der Waals surface area contributed by atoms with Gasteiger partial charge in [0.15, 0.2) is 6.10 Å². The molecule has 2 fully saturated rings.